The van der Waals surface area contributed by atoms with Crippen molar-refractivity contribution in [3.05, 3.63) is 65.2 Å². The molecule has 0 saturated heterocycles. The normalized spacial score (nSPS) is 9.65. The van der Waals surface area contributed by atoms with E-state index in [0.717, 1.165) is 11.3 Å². The molecule has 0 amide bonds. The Morgan fingerprint density at radius 3 is 2.39 bits per heavy atom. The number of nitrogens with zero attached hydrogens (tertiary/aromatic N) is 2. The van der Waals surface area contributed by atoms with Gasteiger partial charge in [-0.05, 0) is 29.8 Å². The predicted octanol–water partition coefficient (Wildman–Crippen LogP) is 2.47. The van der Waals surface area contributed by atoms with Gasteiger partial charge in [-0.25, -0.2) is 4.79 Å². The van der Waals surface area contributed by atoms with E-state index in [1.165, 1.54) is 7.11 Å². The van der Waals surface area contributed by atoms with Gasteiger partial charge in [0.05, 0.1) is 14.2 Å². The van der Waals surface area contributed by atoms with Crippen LogP contribution in [0.3, 0.4) is 0 Å². The molecule has 0 saturated carbocycles. The number of hydrogen-bond acceptors (Lipinski definition) is 4. The number of esters is 1. The topological polar surface area (TPSA) is 81.2 Å². The standard InChI is InChI=1S/C17H16N2O4/c1-21-13-9-7-12(8-10-13)11-23-15-6-4-3-5-14(15)16(19-18)17(20)22-2/h3-10H,11H2,1-2H3. The summed E-state index contributed by atoms with van der Waals surface area (Å²) < 4.78 is 15.4. The van der Waals surface area contributed by atoms with Crippen molar-refractivity contribution in [3.63, 3.8) is 0 Å². The van der Waals surface area contributed by atoms with E-state index in [4.69, 9.17) is 15.0 Å². The fraction of sp³-hybridized carbons (Fsp3) is 0.176. The monoisotopic (exact) mass is 312 g/mol. The number of benzene rings is 2. The first-order valence-electron chi connectivity index (χ1n) is 6.85. The molecule has 2 rings (SSSR count). The maximum absolute atomic E-state index is 11.7. The van der Waals surface area contributed by atoms with E-state index in [1.807, 2.05) is 24.3 Å². The summed E-state index contributed by atoms with van der Waals surface area (Å²) in [5.74, 6) is 0.434. The average molecular weight is 312 g/mol. The Morgan fingerprint density at radius 1 is 1.09 bits per heavy atom. The van der Waals surface area contributed by atoms with Gasteiger partial charge in [-0.3, -0.25) is 0 Å². The molecule has 0 N–H and O–H groups in total. The molecule has 0 aliphatic carbocycles. The molecule has 0 radical (unpaired) electrons. The van der Waals surface area contributed by atoms with Crippen LogP contribution in [0.2, 0.25) is 0 Å². The van der Waals surface area contributed by atoms with Crippen molar-refractivity contribution in [2.75, 3.05) is 14.2 Å². The first-order chi connectivity index (χ1) is 11.2. The summed E-state index contributed by atoms with van der Waals surface area (Å²) in [6, 6.07) is 14.2. The van der Waals surface area contributed by atoms with E-state index in [9.17, 15) is 4.79 Å². The first kappa shape index (κ1) is 16.3. The highest BCUT2D eigenvalue weighted by atomic mass is 16.5. The fourth-order valence-corrected chi connectivity index (χ4v) is 1.97. The van der Waals surface area contributed by atoms with Gasteiger partial charge in [-0.15, -0.1) is 0 Å². The van der Waals surface area contributed by atoms with Gasteiger partial charge < -0.3 is 19.7 Å². The van der Waals surface area contributed by atoms with Crippen LogP contribution in [0.5, 0.6) is 11.5 Å². The van der Waals surface area contributed by atoms with Crippen molar-refractivity contribution in [2.45, 2.75) is 6.61 Å². The lowest BCUT2D eigenvalue weighted by molar-refractivity contribution is -0.137. The molecular formula is C17H16N2O4. The van der Waals surface area contributed by atoms with Crippen LogP contribution in [0.1, 0.15) is 11.1 Å². The molecular weight excluding hydrogens is 296 g/mol. The van der Waals surface area contributed by atoms with Gasteiger partial charge in [0.15, 0.2) is 0 Å². The van der Waals surface area contributed by atoms with Crippen molar-refractivity contribution < 1.29 is 23.8 Å². The highest BCUT2D eigenvalue weighted by Crippen LogP contribution is 2.21. The molecule has 0 spiro atoms. The van der Waals surface area contributed by atoms with Gasteiger partial charge in [0.1, 0.15) is 23.7 Å². The first-order valence-corrected chi connectivity index (χ1v) is 6.85. The SMILES string of the molecule is COC(=O)C(=[N+]=[N-])c1ccccc1OCc1ccc(OC)cc1. The van der Waals surface area contributed by atoms with Gasteiger partial charge in [0.2, 0.25) is 0 Å². The van der Waals surface area contributed by atoms with Crippen LogP contribution in [0.15, 0.2) is 48.5 Å². The zero-order chi connectivity index (χ0) is 16.7. The summed E-state index contributed by atoms with van der Waals surface area (Å²) in [5.41, 5.74) is 10.1. The number of carbonyl (C=O) groups is 1. The summed E-state index contributed by atoms with van der Waals surface area (Å²) in [4.78, 5) is 14.7. The van der Waals surface area contributed by atoms with Crippen LogP contribution < -0.4 is 9.47 Å². The molecule has 0 aliphatic rings. The van der Waals surface area contributed by atoms with Gasteiger partial charge in [0.25, 0.3) is 0 Å². The van der Waals surface area contributed by atoms with Gasteiger partial charge in [-0.1, -0.05) is 24.3 Å². The zero-order valence-corrected chi connectivity index (χ0v) is 12.9. The minimum absolute atomic E-state index is 0.210. The average Bonchev–Trinajstić information content (AvgIpc) is 2.61. The van der Waals surface area contributed by atoms with Crippen molar-refractivity contribution in [2.24, 2.45) is 0 Å². The van der Waals surface area contributed by atoms with Crippen molar-refractivity contribution in [3.8, 4) is 11.5 Å². The van der Waals surface area contributed by atoms with E-state index in [-0.39, 0.29) is 5.71 Å². The number of ether oxygens (including phenoxy) is 3. The Balaban J connectivity index is 2.20. The predicted molar refractivity (Wildman–Crippen MR) is 83.5 cm³/mol. The van der Waals surface area contributed by atoms with Crippen LogP contribution in [0, 0.1) is 0 Å². The van der Waals surface area contributed by atoms with Crippen LogP contribution in [0.4, 0.5) is 0 Å². The molecule has 0 unspecified atom stereocenters. The molecule has 0 aliphatic heterocycles. The van der Waals surface area contributed by atoms with Gasteiger partial charge >= 0.3 is 11.7 Å². The second kappa shape index (κ2) is 7.77. The van der Waals surface area contributed by atoms with Crippen LogP contribution >= 0.6 is 0 Å². The number of hydrogen-bond donors (Lipinski definition) is 0. The van der Waals surface area contributed by atoms with Crippen LogP contribution in [-0.2, 0) is 16.1 Å². The lowest BCUT2D eigenvalue weighted by Gasteiger charge is -2.09. The molecule has 0 bridgehead atoms. The maximum Gasteiger partial charge on any atom is 0.422 e. The molecule has 0 fully saturated rings. The van der Waals surface area contributed by atoms with E-state index in [1.54, 1.807) is 31.4 Å². The molecule has 118 valence electrons. The third-order valence-corrected chi connectivity index (χ3v) is 3.17. The quantitative estimate of drug-likeness (QED) is 0.355. The highest BCUT2D eigenvalue weighted by molar-refractivity contribution is 6.41. The molecule has 2 aromatic carbocycles. The van der Waals surface area contributed by atoms with Crippen molar-refractivity contribution in [1.29, 1.82) is 0 Å². The lowest BCUT2D eigenvalue weighted by atomic mass is 10.1. The molecule has 0 heterocycles. The zero-order valence-electron chi connectivity index (χ0n) is 12.9. The van der Waals surface area contributed by atoms with Crippen LogP contribution in [-0.4, -0.2) is 30.7 Å². The second-order valence-electron chi connectivity index (χ2n) is 4.57. The fourth-order valence-electron chi connectivity index (χ4n) is 1.97. The van der Waals surface area contributed by atoms with E-state index in [0.29, 0.717) is 17.9 Å². The largest absolute Gasteiger partial charge is 0.497 e. The smallest absolute Gasteiger partial charge is 0.422 e. The Bertz CT molecular complexity index is 735. The number of rotatable bonds is 6. The third kappa shape index (κ3) is 3.96. The highest BCUT2D eigenvalue weighted by Gasteiger charge is 2.27. The Kier molecular flexibility index (Phi) is 5.50. The molecule has 6 heteroatoms. The molecule has 0 atom stereocenters. The lowest BCUT2D eigenvalue weighted by Crippen LogP contribution is -2.19. The number of para-hydroxylation sites is 1. The summed E-state index contributed by atoms with van der Waals surface area (Å²) >= 11 is 0. The Hall–Kier alpha value is -3.11. The minimum Gasteiger partial charge on any atom is -0.497 e. The molecule has 0 aromatic heterocycles. The van der Waals surface area contributed by atoms with Crippen LogP contribution in [0.25, 0.3) is 5.53 Å². The Labute approximate surface area is 133 Å². The molecule has 23 heavy (non-hydrogen) atoms. The second-order valence-corrected chi connectivity index (χ2v) is 4.57. The van der Waals surface area contributed by atoms with Crippen molar-refractivity contribution in [1.82, 2.24) is 0 Å². The van der Waals surface area contributed by atoms with E-state index < -0.39 is 5.97 Å². The molecule has 2 aromatic rings. The summed E-state index contributed by atoms with van der Waals surface area (Å²) in [5, 5.41) is 0. The summed E-state index contributed by atoms with van der Waals surface area (Å²) in [6.45, 7) is 0.293. The summed E-state index contributed by atoms with van der Waals surface area (Å²) in [7, 11) is 2.82. The molecule has 6 nitrogen and oxygen atoms in total. The van der Waals surface area contributed by atoms with E-state index in [2.05, 4.69) is 9.53 Å². The van der Waals surface area contributed by atoms with E-state index >= 15 is 0 Å². The Morgan fingerprint density at radius 2 is 1.78 bits per heavy atom. The third-order valence-electron chi connectivity index (χ3n) is 3.17. The van der Waals surface area contributed by atoms with Gasteiger partial charge in [-0.2, -0.15) is 4.79 Å². The maximum atomic E-state index is 11.7. The van der Waals surface area contributed by atoms with Crippen molar-refractivity contribution >= 4 is 11.7 Å². The number of methoxy groups -OCH3 is 2. The van der Waals surface area contributed by atoms with Gasteiger partial charge in [0, 0.05) is 0 Å². The minimum atomic E-state index is -0.743. The summed E-state index contributed by atoms with van der Waals surface area (Å²) in [6.07, 6.45) is 0. The number of carbonyl (C=O) groups excluding carboxylic acids is 1.